The lowest BCUT2D eigenvalue weighted by Crippen LogP contribution is -2.49. The molecule has 0 aliphatic carbocycles. The first kappa shape index (κ1) is 30.3. The van der Waals surface area contributed by atoms with Crippen LogP contribution >= 0.6 is 0 Å². The number of aromatic nitrogens is 1. The first-order chi connectivity index (χ1) is 20.6. The quantitative estimate of drug-likeness (QED) is 0.358. The van der Waals surface area contributed by atoms with E-state index in [1.807, 2.05) is 12.1 Å². The van der Waals surface area contributed by atoms with Gasteiger partial charge in [0.15, 0.2) is 11.6 Å². The summed E-state index contributed by atoms with van der Waals surface area (Å²) >= 11 is 0. The third kappa shape index (κ3) is 7.09. The van der Waals surface area contributed by atoms with E-state index in [4.69, 9.17) is 4.74 Å². The van der Waals surface area contributed by atoms with Crippen molar-refractivity contribution >= 4 is 23.4 Å². The number of nitrogens with one attached hydrogen (secondary N) is 1. The molecule has 1 aromatic heterocycles. The predicted molar refractivity (Wildman–Crippen MR) is 165 cm³/mol. The van der Waals surface area contributed by atoms with Crippen molar-refractivity contribution in [2.24, 2.45) is 0 Å². The number of amides is 1. The minimum atomic E-state index is -0.474. The van der Waals surface area contributed by atoms with Crippen LogP contribution in [0.3, 0.4) is 0 Å². The van der Waals surface area contributed by atoms with Crippen molar-refractivity contribution in [3.05, 3.63) is 83.3 Å². The molecule has 3 aromatic rings. The lowest BCUT2D eigenvalue weighted by atomic mass is 9.86. The number of pyridine rings is 1. The SMILES string of the molecule is COC(=O)CCNC(=O)c1ccc(N2CCC3(CC2)CCN(Cc2ccc(C(C)(C)C)cc2)c2cccc(F)c2O3)nc1. The fourth-order valence-electron chi connectivity index (χ4n) is 5.75. The Morgan fingerprint density at radius 1 is 1.02 bits per heavy atom. The van der Waals surface area contributed by atoms with Gasteiger partial charge >= 0.3 is 5.97 Å². The van der Waals surface area contributed by atoms with Crippen LogP contribution in [0.15, 0.2) is 60.8 Å². The maximum absolute atomic E-state index is 15.2. The number of fused-ring (bicyclic) bond motifs is 1. The topological polar surface area (TPSA) is 84.0 Å². The molecule has 9 heteroatoms. The molecule has 1 amide bonds. The number of benzene rings is 2. The van der Waals surface area contributed by atoms with Crippen LogP contribution in [0, 0.1) is 5.82 Å². The van der Waals surface area contributed by atoms with E-state index in [2.05, 4.69) is 69.9 Å². The Bertz CT molecular complexity index is 1430. The van der Waals surface area contributed by atoms with Crippen LogP contribution in [-0.4, -0.2) is 55.8 Å². The second kappa shape index (κ2) is 12.6. The van der Waals surface area contributed by atoms with Gasteiger partial charge < -0.3 is 24.6 Å². The maximum Gasteiger partial charge on any atom is 0.307 e. The average molecular weight is 589 g/mol. The van der Waals surface area contributed by atoms with E-state index < -0.39 is 5.60 Å². The minimum absolute atomic E-state index is 0.0882. The number of anilines is 2. The van der Waals surface area contributed by atoms with Crippen molar-refractivity contribution in [2.75, 3.05) is 43.1 Å². The molecule has 228 valence electrons. The number of rotatable bonds is 7. The molecule has 0 saturated carbocycles. The van der Waals surface area contributed by atoms with Crippen LogP contribution in [0.5, 0.6) is 5.75 Å². The molecule has 2 aliphatic rings. The smallest absolute Gasteiger partial charge is 0.307 e. The van der Waals surface area contributed by atoms with Gasteiger partial charge in [-0.05, 0) is 40.8 Å². The molecule has 8 nitrogen and oxygen atoms in total. The molecule has 43 heavy (non-hydrogen) atoms. The van der Waals surface area contributed by atoms with Gasteiger partial charge in [0.05, 0.1) is 24.8 Å². The van der Waals surface area contributed by atoms with Crippen LogP contribution in [0.1, 0.15) is 67.9 Å². The van der Waals surface area contributed by atoms with Crippen molar-refractivity contribution in [3.8, 4) is 5.75 Å². The van der Waals surface area contributed by atoms with Crippen LogP contribution in [-0.2, 0) is 21.5 Å². The zero-order valence-corrected chi connectivity index (χ0v) is 25.5. The first-order valence-electron chi connectivity index (χ1n) is 14.9. The molecule has 1 fully saturated rings. The third-order valence-corrected chi connectivity index (χ3v) is 8.49. The number of nitrogens with zero attached hydrogens (tertiary/aromatic N) is 3. The molecule has 0 bridgehead atoms. The highest BCUT2D eigenvalue weighted by molar-refractivity contribution is 5.94. The summed E-state index contributed by atoms with van der Waals surface area (Å²) in [7, 11) is 1.32. The van der Waals surface area contributed by atoms with E-state index in [0.717, 1.165) is 37.3 Å². The normalized spacial score (nSPS) is 16.2. The second-order valence-electron chi connectivity index (χ2n) is 12.5. The number of hydrogen-bond acceptors (Lipinski definition) is 7. The van der Waals surface area contributed by atoms with Gasteiger partial charge in [-0.15, -0.1) is 0 Å². The number of ether oxygens (including phenoxy) is 2. The number of hydrogen-bond donors (Lipinski definition) is 1. The van der Waals surface area contributed by atoms with Crippen molar-refractivity contribution in [3.63, 3.8) is 0 Å². The number of piperidine rings is 1. The number of carbonyl (C=O) groups excluding carboxylic acids is 2. The van der Waals surface area contributed by atoms with E-state index in [-0.39, 0.29) is 36.1 Å². The Morgan fingerprint density at radius 2 is 1.74 bits per heavy atom. The van der Waals surface area contributed by atoms with E-state index in [9.17, 15) is 9.59 Å². The van der Waals surface area contributed by atoms with Gasteiger partial charge in [0.1, 0.15) is 11.4 Å². The Balaban J connectivity index is 1.24. The molecule has 5 rings (SSSR count). The van der Waals surface area contributed by atoms with Crippen LogP contribution < -0.4 is 19.9 Å². The maximum atomic E-state index is 15.2. The van der Waals surface area contributed by atoms with Crippen molar-refractivity contribution in [1.29, 1.82) is 0 Å². The first-order valence-corrected chi connectivity index (χ1v) is 14.9. The highest BCUT2D eigenvalue weighted by Gasteiger charge is 2.41. The van der Waals surface area contributed by atoms with E-state index >= 15 is 4.39 Å². The Morgan fingerprint density at radius 3 is 2.40 bits per heavy atom. The van der Waals surface area contributed by atoms with Gasteiger partial charge in [0, 0.05) is 58.2 Å². The molecule has 2 aromatic carbocycles. The van der Waals surface area contributed by atoms with Gasteiger partial charge in [-0.3, -0.25) is 9.59 Å². The van der Waals surface area contributed by atoms with Crippen LogP contribution in [0.25, 0.3) is 0 Å². The fraction of sp³-hybridized carbons (Fsp3) is 0.441. The van der Waals surface area contributed by atoms with Crippen LogP contribution in [0.2, 0.25) is 0 Å². The lowest BCUT2D eigenvalue weighted by Gasteiger charge is -2.41. The molecule has 1 saturated heterocycles. The summed E-state index contributed by atoms with van der Waals surface area (Å²) in [5.41, 5.74) is 3.30. The van der Waals surface area contributed by atoms with Crippen molar-refractivity contribution in [1.82, 2.24) is 10.3 Å². The zero-order chi connectivity index (χ0) is 30.6. The Kier molecular flexibility index (Phi) is 8.89. The van der Waals surface area contributed by atoms with Crippen molar-refractivity contribution < 1.29 is 23.5 Å². The number of carbonyl (C=O) groups is 2. The summed E-state index contributed by atoms with van der Waals surface area (Å²) in [6.07, 6.45) is 3.90. The Labute approximate surface area is 253 Å². The summed E-state index contributed by atoms with van der Waals surface area (Å²) in [5.74, 6) is 0.111. The number of para-hydroxylation sites is 1. The average Bonchev–Trinajstić information content (AvgIpc) is 3.15. The van der Waals surface area contributed by atoms with E-state index in [0.29, 0.717) is 30.9 Å². The largest absolute Gasteiger partial charge is 0.482 e. The highest BCUT2D eigenvalue weighted by Crippen LogP contribution is 2.43. The number of esters is 1. The molecule has 0 radical (unpaired) electrons. The standard InChI is InChI=1S/C34H41FN4O4/c1-33(2,3)26-11-8-24(9-12-26)23-39-21-17-34(43-31-27(35)6-5-7-28(31)39)15-19-38(20-16-34)29-13-10-25(22-37-29)32(41)36-18-14-30(40)42-4/h5-13,22H,14-21,23H2,1-4H3,(H,36,41). The van der Waals surface area contributed by atoms with Gasteiger partial charge in [0.25, 0.3) is 5.91 Å². The fourth-order valence-corrected chi connectivity index (χ4v) is 5.75. The van der Waals surface area contributed by atoms with Crippen molar-refractivity contribution in [2.45, 2.75) is 64.0 Å². The van der Waals surface area contributed by atoms with Crippen LogP contribution in [0.4, 0.5) is 15.9 Å². The number of halogens is 1. The molecule has 0 atom stereocenters. The second-order valence-corrected chi connectivity index (χ2v) is 12.5. The lowest BCUT2D eigenvalue weighted by molar-refractivity contribution is -0.140. The third-order valence-electron chi connectivity index (χ3n) is 8.49. The van der Waals surface area contributed by atoms with Gasteiger partial charge in [-0.25, -0.2) is 9.37 Å². The molecule has 3 heterocycles. The Hall–Kier alpha value is -4.14. The van der Waals surface area contributed by atoms with E-state index in [1.165, 1.54) is 24.3 Å². The van der Waals surface area contributed by atoms with Gasteiger partial charge in [0.2, 0.25) is 0 Å². The van der Waals surface area contributed by atoms with Gasteiger partial charge in [-0.1, -0.05) is 51.1 Å². The summed E-state index contributed by atoms with van der Waals surface area (Å²) < 4.78 is 26.4. The molecular weight excluding hydrogens is 547 g/mol. The summed E-state index contributed by atoms with van der Waals surface area (Å²) in [4.78, 5) is 32.6. The minimum Gasteiger partial charge on any atom is -0.482 e. The zero-order valence-electron chi connectivity index (χ0n) is 25.5. The monoisotopic (exact) mass is 588 g/mol. The highest BCUT2D eigenvalue weighted by atomic mass is 19.1. The molecule has 1 N–H and O–H groups in total. The van der Waals surface area contributed by atoms with Gasteiger partial charge in [-0.2, -0.15) is 0 Å². The molecular formula is C34H41FN4O4. The molecule has 2 aliphatic heterocycles. The summed E-state index contributed by atoms with van der Waals surface area (Å²) in [5, 5.41) is 2.70. The number of methoxy groups -OCH3 is 1. The molecule has 0 unspecified atom stereocenters. The van der Waals surface area contributed by atoms with E-state index in [1.54, 1.807) is 18.3 Å². The predicted octanol–water partition coefficient (Wildman–Crippen LogP) is 5.64. The summed E-state index contributed by atoms with van der Waals surface area (Å²) in [6.45, 7) is 9.67. The summed E-state index contributed by atoms with van der Waals surface area (Å²) in [6, 6.07) is 17.5. The molecule has 1 spiro atoms.